The summed E-state index contributed by atoms with van der Waals surface area (Å²) in [4.78, 5) is 0. The van der Waals surface area contributed by atoms with Crippen molar-refractivity contribution in [1.82, 2.24) is 0 Å². The maximum absolute atomic E-state index is 14.0. The lowest BCUT2D eigenvalue weighted by Crippen LogP contribution is -2.01. The molecule has 0 heterocycles. The van der Waals surface area contributed by atoms with E-state index in [1.807, 2.05) is 5.92 Å². The minimum atomic E-state index is -4.53. The molecule has 114 valence electrons. The molecule has 0 saturated carbocycles. The molecule has 1 nitrogen and oxygen atoms in total. The Morgan fingerprint density at radius 3 is 2.27 bits per heavy atom. The summed E-state index contributed by atoms with van der Waals surface area (Å²) in [5.74, 6) is 3.17. The summed E-state index contributed by atoms with van der Waals surface area (Å²) < 4.78 is 55.2. The Morgan fingerprint density at radius 1 is 1.05 bits per heavy atom. The van der Waals surface area contributed by atoms with Crippen molar-refractivity contribution < 1.29 is 22.3 Å². The SMILES string of the molecule is CCOc1ccc(-c2ccc(C#CC(F)(F)F)cc2)c(F)c1. The second-order valence-electron chi connectivity index (χ2n) is 4.40. The van der Waals surface area contributed by atoms with Gasteiger partial charge in [-0.25, -0.2) is 4.39 Å². The number of alkyl halides is 3. The smallest absolute Gasteiger partial charge is 0.458 e. The summed E-state index contributed by atoms with van der Waals surface area (Å²) >= 11 is 0. The normalized spacial score (nSPS) is 10.8. The highest BCUT2D eigenvalue weighted by atomic mass is 19.4. The molecular formula is C17H12F4O. The number of ether oxygens (including phenoxy) is 1. The molecule has 2 aromatic rings. The highest BCUT2D eigenvalue weighted by Crippen LogP contribution is 2.26. The van der Waals surface area contributed by atoms with E-state index in [-0.39, 0.29) is 5.56 Å². The van der Waals surface area contributed by atoms with Crippen molar-refractivity contribution in [1.29, 1.82) is 0 Å². The van der Waals surface area contributed by atoms with E-state index in [0.29, 0.717) is 23.5 Å². The minimum Gasteiger partial charge on any atom is -0.494 e. The molecule has 0 N–H and O–H groups in total. The van der Waals surface area contributed by atoms with Crippen LogP contribution in [-0.2, 0) is 0 Å². The Balaban J connectivity index is 2.25. The van der Waals surface area contributed by atoms with Crippen LogP contribution in [0.4, 0.5) is 17.6 Å². The predicted octanol–water partition coefficient (Wildman–Crippen LogP) is 4.81. The lowest BCUT2D eigenvalue weighted by molar-refractivity contribution is -0.0696. The van der Waals surface area contributed by atoms with Gasteiger partial charge in [-0.1, -0.05) is 18.1 Å². The molecule has 0 unspecified atom stereocenters. The van der Waals surface area contributed by atoms with Crippen LogP contribution in [0, 0.1) is 17.7 Å². The topological polar surface area (TPSA) is 9.23 Å². The Kier molecular flexibility index (Phi) is 4.71. The van der Waals surface area contributed by atoms with Crippen molar-refractivity contribution in [3.63, 3.8) is 0 Å². The van der Waals surface area contributed by atoms with E-state index < -0.39 is 12.0 Å². The highest BCUT2D eigenvalue weighted by Gasteiger charge is 2.22. The molecule has 0 bridgehead atoms. The summed E-state index contributed by atoms with van der Waals surface area (Å²) in [6, 6.07) is 10.4. The number of halogens is 4. The fourth-order valence-electron chi connectivity index (χ4n) is 1.86. The van der Waals surface area contributed by atoms with Crippen molar-refractivity contribution in [3.05, 3.63) is 53.8 Å². The van der Waals surface area contributed by atoms with Gasteiger partial charge >= 0.3 is 6.18 Å². The van der Waals surface area contributed by atoms with Gasteiger partial charge in [0.15, 0.2) is 0 Å². The minimum absolute atomic E-state index is 0.215. The van der Waals surface area contributed by atoms with Crippen LogP contribution in [-0.4, -0.2) is 12.8 Å². The standard InChI is InChI=1S/C17H12F4O/c1-2-22-14-7-8-15(16(18)11-14)13-5-3-12(4-6-13)9-10-17(19,20)21/h3-8,11H,2H2,1H3. The lowest BCUT2D eigenvalue weighted by Gasteiger charge is -2.07. The van der Waals surface area contributed by atoms with Crippen LogP contribution in [0.5, 0.6) is 5.75 Å². The van der Waals surface area contributed by atoms with Gasteiger partial charge in [0, 0.05) is 23.1 Å². The van der Waals surface area contributed by atoms with Crippen LogP contribution in [0.1, 0.15) is 12.5 Å². The van der Waals surface area contributed by atoms with Crippen molar-refractivity contribution in [3.8, 4) is 28.7 Å². The molecule has 0 radical (unpaired) electrons. The van der Waals surface area contributed by atoms with Gasteiger partial charge in [0.25, 0.3) is 0 Å². The molecule has 0 aliphatic carbocycles. The zero-order valence-corrected chi connectivity index (χ0v) is 11.7. The third-order valence-corrected chi connectivity index (χ3v) is 2.80. The molecule has 0 amide bonds. The van der Waals surface area contributed by atoms with Gasteiger partial charge in [-0.15, -0.1) is 0 Å². The first-order chi connectivity index (χ1) is 10.4. The molecule has 5 heteroatoms. The summed E-state index contributed by atoms with van der Waals surface area (Å²) in [6.45, 7) is 2.23. The Morgan fingerprint density at radius 2 is 1.73 bits per heavy atom. The molecule has 2 rings (SSSR count). The van der Waals surface area contributed by atoms with E-state index in [0.717, 1.165) is 0 Å². The van der Waals surface area contributed by atoms with E-state index in [1.54, 1.807) is 19.1 Å². The monoisotopic (exact) mass is 308 g/mol. The fraction of sp³-hybridized carbons (Fsp3) is 0.176. The quantitative estimate of drug-likeness (QED) is 0.584. The van der Waals surface area contributed by atoms with E-state index in [9.17, 15) is 17.6 Å². The molecule has 0 spiro atoms. The summed E-state index contributed by atoms with van der Waals surface area (Å²) in [6.07, 6.45) is -4.53. The van der Waals surface area contributed by atoms with Crippen LogP contribution in [0.25, 0.3) is 11.1 Å². The zero-order valence-electron chi connectivity index (χ0n) is 11.7. The number of benzene rings is 2. The summed E-state index contributed by atoms with van der Waals surface area (Å²) in [5.41, 5.74) is 1.12. The maximum atomic E-state index is 14.0. The highest BCUT2D eigenvalue weighted by molar-refractivity contribution is 5.66. The van der Waals surface area contributed by atoms with E-state index in [2.05, 4.69) is 0 Å². The average Bonchev–Trinajstić information content (AvgIpc) is 2.46. The number of hydrogen-bond acceptors (Lipinski definition) is 1. The van der Waals surface area contributed by atoms with Gasteiger partial charge in [-0.3, -0.25) is 0 Å². The molecule has 0 saturated heterocycles. The maximum Gasteiger partial charge on any atom is 0.458 e. The van der Waals surface area contributed by atoms with Crippen molar-refractivity contribution in [2.75, 3.05) is 6.61 Å². The van der Waals surface area contributed by atoms with Gasteiger partial charge in [-0.05, 0) is 36.8 Å². The largest absolute Gasteiger partial charge is 0.494 e. The lowest BCUT2D eigenvalue weighted by atomic mass is 10.0. The van der Waals surface area contributed by atoms with Gasteiger partial charge in [0.05, 0.1) is 6.61 Å². The van der Waals surface area contributed by atoms with Crippen molar-refractivity contribution in [2.24, 2.45) is 0 Å². The first-order valence-corrected chi connectivity index (χ1v) is 6.52. The van der Waals surface area contributed by atoms with Crippen molar-refractivity contribution in [2.45, 2.75) is 13.1 Å². The van der Waals surface area contributed by atoms with Crippen LogP contribution in [0.2, 0.25) is 0 Å². The Labute approximate surface area is 125 Å². The van der Waals surface area contributed by atoms with Gasteiger partial charge in [-0.2, -0.15) is 13.2 Å². The zero-order chi connectivity index (χ0) is 16.2. The first kappa shape index (κ1) is 15.9. The third kappa shape index (κ3) is 4.26. The molecule has 0 atom stereocenters. The second-order valence-corrected chi connectivity index (χ2v) is 4.40. The molecule has 2 aromatic carbocycles. The van der Waals surface area contributed by atoms with E-state index in [1.165, 1.54) is 36.3 Å². The van der Waals surface area contributed by atoms with E-state index >= 15 is 0 Å². The number of rotatable bonds is 3. The van der Waals surface area contributed by atoms with Gasteiger partial charge in [0.1, 0.15) is 11.6 Å². The second kappa shape index (κ2) is 6.52. The number of hydrogen-bond donors (Lipinski definition) is 0. The predicted molar refractivity (Wildman–Crippen MR) is 75.9 cm³/mol. The first-order valence-electron chi connectivity index (χ1n) is 6.52. The van der Waals surface area contributed by atoms with Gasteiger partial charge in [0.2, 0.25) is 0 Å². The molecule has 22 heavy (non-hydrogen) atoms. The average molecular weight is 308 g/mol. The molecule has 0 aliphatic rings. The Bertz CT molecular complexity index is 706. The van der Waals surface area contributed by atoms with Crippen molar-refractivity contribution >= 4 is 0 Å². The molecule has 0 fully saturated rings. The third-order valence-electron chi connectivity index (χ3n) is 2.80. The summed E-state index contributed by atoms with van der Waals surface area (Å²) in [5, 5.41) is 0. The van der Waals surface area contributed by atoms with Crippen LogP contribution in [0.15, 0.2) is 42.5 Å². The molecule has 0 aromatic heterocycles. The summed E-state index contributed by atoms with van der Waals surface area (Å²) in [7, 11) is 0. The van der Waals surface area contributed by atoms with Gasteiger partial charge < -0.3 is 4.74 Å². The van der Waals surface area contributed by atoms with Crippen LogP contribution < -0.4 is 4.74 Å². The fourth-order valence-corrected chi connectivity index (χ4v) is 1.86. The molecular weight excluding hydrogens is 296 g/mol. The van der Waals surface area contributed by atoms with Crippen LogP contribution >= 0.6 is 0 Å². The Hall–Kier alpha value is -2.48. The van der Waals surface area contributed by atoms with E-state index in [4.69, 9.17) is 4.74 Å². The molecule has 0 aliphatic heterocycles. The van der Waals surface area contributed by atoms with Crippen LogP contribution in [0.3, 0.4) is 0 Å².